The normalized spacial score (nSPS) is 13.4. The van der Waals surface area contributed by atoms with Crippen molar-refractivity contribution in [1.29, 1.82) is 0 Å². The molecule has 0 aromatic rings. The predicted octanol–water partition coefficient (Wildman–Crippen LogP) is 5.51. The van der Waals surface area contributed by atoms with Crippen LogP contribution in [0.15, 0.2) is 72.9 Å². The van der Waals surface area contributed by atoms with E-state index in [0.29, 0.717) is 6.42 Å². The number of carboxylic acids is 2. The van der Waals surface area contributed by atoms with Crippen LogP contribution in [0.25, 0.3) is 0 Å². The van der Waals surface area contributed by atoms with Crippen molar-refractivity contribution in [3.05, 3.63) is 72.9 Å². The zero-order valence-corrected chi connectivity index (χ0v) is 19.0. The summed E-state index contributed by atoms with van der Waals surface area (Å²) in [6.07, 6.45) is 30.7. The highest BCUT2D eigenvalue weighted by Gasteiger charge is 2.22. The second-order valence-electron chi connectivity index (χ2n) is 7.01. The van der Waals surface area contributed by atoms with Gasteiger partial charge in [0.15, 0.2) is 0 Å². The molecule has 1 unspecified atom stereocenters. The van der Waals surface area contributed by atoms with Crippen molar-refractivity contribution < 1.29 is 24.6 Å². The average Bonchev–Trinajstić information content (AvgIpc) is 2.74. The minimum atomic E-state index is -1.40. The monoisotopic (exact) mass is 443 g/mol. The second kappa shape index (κ2) is 21.1. The summed E-state index contributed by atoms with van der Waals surface area (Å²) in [6, 6.07) is -1.40. The topological polar surface area (TPSA) is 104 Å². The van der Waals surface area contributed by atoms with Crippen LogP contribution in [0.4, 0.5) is 0 Å². The minimum Gasteiger partial charge on any atom is -0.481 e. The van der Waals surface area contributed by atoms with E-state index in [1.807, 2.05) is 18.2 Å². The van der Waals surface area contributed by atoms with Crippen molar-refractivity contribution in [3.8, 4) is 0 Å². The van der Waals surface area contributed by atoms with E-state index in [2.05, 4.69) is 66.9 Å². The summed E-state index contributed by atoms with van der Waals surface area (Å²) in [5.41, 5.74) is 0. The first kappa shape index (κ1) is 28.9. The van der Waals surface area contributed by atoms with Crippen molar-refractivity contribution in [2.45, 2.75) is 70.8 Å². The van der Waals surface area contributed by atoms with Crippen LogP contribution in [0.3, 0.4) is 0 Å². The molecular weight excluding hydrogens is 406 g/mol. The zero-order valence-electron chi connectivity index (χ0n) is 19.0. The van der Waals surface area contributed by atoms with Crippen LogP contribution < -0.4 is 5.32 Å². The third-order valence-electron chi connectivity index (χ3n) is 4.15. The summed E-state index contributed by atoms with van der Waals surface area (Å²) in [4.78, 5) is 33.2. The molecule has 1 amide bonds. The van der Waals surface area contributed by atoms with Gasteiger partial charge in [-0.25, -0.2) is 4.79 Å². The van der Waals surface area contributed by atoms with E-state index in [0.717, 1.165) is 38.5 Å². The first-order valence-electron chi connectivity index (χ1n) is 11.1. The van der Waals surface area contributed by atoms with Crippen molar-refractivity contribution in [1.82, 2.24) is 5.32 Å². The maximum Gasteiger partial charge on any atom is 0.326 e. The van der Waals surface area contributed by atoms with Crippen LogP contribution in [-0.4, -0.2) is 34.1 Å². The van der Waals surface area contributed by atoms with Crippen LogP contribution in [0.5, 0.6) is 0 Å². The smallest absolute Gasteiger partial charge is 0.326 e. The summed E-state index contributed by atoms with van der Waals surface area (Å²) in [5.74, 6) is -3.09. The zero-order chi connectivity index (χ0) is 23.9. The van der Waals surface area contributed by atoms with Gasteiger partial charge in [-0.1, -0.05) is 79.8 Å². The van der Waals surface area contributed by atoms with Crippen molar-refractivity contribution in [2.75, 3.05) is 0 Å². The summed E-state index contributed by atoms with van der Waals surface area (Å²) in [7, 11) is 0. The maximum absolute atomic E-state index is 11.7. The first-order valence-corrected chi connectivity index (χ1v) is 11.1. The summed E-state index contributed by atoms with van der Waals surface area (Å²) in [5, 5.41) is 19.8. The van der Waals surface area contributed by atoms with Crippen LogP contribution >= 0.6 is 0 Å². The fourth-order valence-electron chi connectivity index (χ4n) is 2.50. The van der Waals surface area contributed by atoms with Gasteiger partial charge in [0, 0.05) is 6.42 Å². The van der Waals surface area contributed by atoms with E-state index in [-0.39, 0.29) is 6.42 Å². The molecule has 1 atom stereocenters. The first-order chi connectivity index (χ1) is 15.5. The van der Waals surface area contributed by atoms with Crippen molar-refractivity contribution in [2.24, 2.45) is 0 Å². The molecule has 6 heteroatoms. The number of amides is 1. The molecule has 6 nitrogen and oxygen atoms in total. The van der Waals surface area contributed by atoms with Gasteiger partial charge < -0.3 is 15.5 Å². The molecule has 0 aliphatic rings. The van der Waals surface area contributed by atoms with Crippen LogP contribution in [0.1, 0.15) is 64.7 Å². The molecule has 0 bridgehead atoms. The standard InChI is InChI=1S/C26H37NO5/c1-2-3-4-5-6-7-8-9-10-11-12-13-14-15-16-17-18-19-20-21-24(28)27-23(26(31)32)22-25(29)30/h3-4,6-7,9-10,12-13,15-16,18-19,23H,2,5,8,11,14,17,20-22H2,1H3,(H,27,28)(H,29,30)(H,31,32)/b4-3-,7-6-,10-9-,13-12-,16-15-,19-18-. The van der Waals surface area contributed by atoms with E-state index >= 15 is 0 Å². The van der Waals surface area contributed by atoms with Crippen LogP contribution in [0, 0.1) is 0 Å². The molecule has 0 saturated carbocycles. The highest BCUT2D eigenvalue weighted by atomic mass is 16.4. The van der Waals surface area contributed by atoms with Gasteiger partial charge >= 0.3 is 11.9 Å². The Morgan fingerprint density at radius 2 is 1.09 bits per heavy atom. The Morgan fingerprint density at radius 3 is 1.47 bits per heavy atom. The SMILES string of the molecule is CC/C=C\C/C=C\C/C=C\C/C=C\C/C=C\C/C=C\CCC(=O)NC(CC(=O)O)C(=O)O. The van der Waals surface area contributed by atoms with Gasteiger partial charge in [-0.2, -0.15) is 0 Å². The Hall–Kier alpha value is -3.15. The van der Waals surface area contributed by atoms with Gasteiger partial charge in [-0.15, -0.1) is 0 Å². The number of carbonyl (C=O) groups is 3. The van der Waals surface area contributed by atoms with Crippen LogP contribution in [-0.2, 0) is 14.4 Å². The highest BCUT2D eigenvalue weighted by molar-refractivity contribution is 5.86. The van der Waals surface area contributed by atoms with Gasteiger partial charge in [0.1, 0.15) is 6.04 Å². The fourth-order valence-corrected chi connectivity index (χ4v) is 2.50. The Labute approximate surface area is 191 Å². The Balaban J connectivity index is 3.80. The Morgan fingerprint density at radius 1 is 0.688 bits per heavy atom. The largest absolute Gasteiger partial charge is 0.481 e. The molecule has 32 heavy (non-hydrogen) atoms. The molecule has 0 heterocycles. The Kier molecular flexibility index (Phi) is 19.0. The number of carboxylic acid groups (broad SMARTS) is 2. The molecule has 0 rings (SSSR count). The number of rotatable bonds is 18. The summed E-state index contributed by atoms with van der Waals surface area (Å²) >= 11 is 0. The van der Waals surface area contributed by atoms with Gasteiger partial charge in [0.05, 0.1) is 6.42 Å². The molecular formula is C26H37NO5. The van der Waals surface area contributed by atoms with Crippen molar-refractivity contribution in [3.63, 3.8) is 0 Å². The van der Waals surface area contributed by atoms with Gasteiger partial charge in [-0.05, 0) is 44.9 Å². The highest BCUT2D eigenvalue weighted by Crippen LogP contribution is 1.99. The molecule has 0 aliphatic heterocycles. The van der Waals surface area contributed by atoms with Gasteiger partial charge in [0.25, 0.3) is 0 Å². The van der Waals surface area contributed by atoms with E-state index < -0.39 is 30.3 Å². The predicted molar refractivity (Wildman–Crippen MR) is 129 cm³/mol. The molecule has 0 aromatic carbocycles. The molecule has 3 N–H and O–H groups in total. The summed E-state index contributed by atoms with van der Waals surface area (Å²) < 4.78 is 0. The molecule has 0 aromatic heterocycles. The minimum absolute atomic E-state index is 0.117. The molecule has 0 spiro atoms. The second-order valence-corrected chi connectivity index (χ2v) is 7.01. The number of nitrogens with one attached hydrogen (secondary N) is 1. The molecule has 0 aliphatic carbocycles. The molecule has 0 saturated heterocycles. The molecule has 0 fully saturated rings. The van der Waals surface area contributed by atoms with Gasteiger partial charge in [0.2, 0.25) is 5.91 Å². The lowest BCUT2D eigenvalue weighted by molar-refractivity contribution is -0.147. The number of hydrogen-bond acceptors (Lipinski definition) is 3. The third-order valence-corrected chi connectivity index (χ3v) is 4.15. The average molecular weight is 444 g/mol. The number of allylic oxidation sites excluding steroid dienone is 12. The van der Waals surface area contributed by atoms with Crippen molar-refractivity contribution >= 4 is 17.8 Å². The lowest BCUT2D eigenvalue weighted by atomic mass is 10.2. The summed E-state index contributed by atoms with van der Waals surface area (Å²) in [6.45, 7) is 2.13. The molecule has 176 valence electrons. The quantitative estimate of drug-likeness (QED) is 0.242. The fraction of sp³-hybridized carbons (Fsp3) is 0.423. The van der Waals surface area contributed by atoms with E-state index in [9.17, 15) is 14.4 Å². The lowest BCUT2D eigenvalue weighted by Gasteiger charge is -2.11. The third kappa shape index (κ3) is 20.1. The van der Waals surface area contributed by atoms with E-state index in [4.69, 9.17) is 10.2 Å². The van der Waals surface area contributed by atoms with E-state index in [1.165, 1.54) is 0 Å². The molecule has 0 radical (unpaired) electrons. The van der Waals surface area contributed by atoms with Gasteiger partial charge in [-0.3, -0.25) is 9.59 Å². The maximum atomic E-state index is 11.7. The number of aliphatic carboxylic acids is 2. The van der Waals surface area contributed by atoms with E-state index in [1.54, 1.807) is 0 Å². The number of carbonyl (C=O) groups excluding carboxylic acids is 1. The number of hydrogen-bond donors (Lipinski definition) is 3. The lowest BCUT2D eigenvalue weighted by Crippen LogP contribution is -2.42. The Bertz CT molecular complexity index is 714. The van der Waals surface area contributed by atoms with Crippen LogP contribution in [0.2, 0.25) is 0 Å².